The second kappa shape index (κ2) is 5.12. The first-order chi connectivity index (χ1) is 5.72. The summed E-state index contributed by atoms with van der Waals surface area (Å²) in [5.41, 5.74) is -0.262. The highest BCUT2D eigenvalue weighted by Gasteiger charge is 2.09. The maximum atomic E-state index is 10.1. The monoisotopic (exact) mass is 169 g/mol. The minimum atomic E-state index is -0.630. The van der Waals surface area contributed by atoms with Gasteiger partial charge in [0.25, 0.3) is 0 Å². The zero-order chi connectivity index (χ0) is 9.56. The van der Waals surface area contributed by atoms with E-state index in [1.54, 1.807) is 0 Å². The third-order valence-corrected chi connectivity index (χ3v) is 1.08. The summed E-state index contributed by atoms with van der Waals surface area (Å²) in [6.07, 6.45) is 0. The minimum Gasteiger partial charge on any atom is -0.502 e. The Morgan fingerprint density at radius 3 is 2.17 bits per heavy atom. The van der Waals surface area contributed by atoms with E-state index in [2.05, 4.69) is 0 Å². The van der Waals surface area contributed by atoms with E-state index >= 15 is 0 Å². The quantitative estimate of drug-likeness (QED) is 0.518. The van der Waals surface area contributed by atoms with E-state index in [1.807, 2.05) is 13.8 Å². The summed E-state index contributed by atoms with van der Waals surface area (Å²) in [6.45, 7) is 4.00. The molecule has 1 aromatic rings. The van der Waals surface area contributed by atoms with Crippen LogP contribution >= 0.6 is 0 Å². The number of aromatic hydroxyl groups is 1. The molecule has 1 rings (SSSR count). The van der Waals surface area contributed by atoms with Crippen LogP contribution in [-0.4, -0.2) is 10.0 Å². The Bertz CT molecular complexity index is 260. The van der Waals surface area contributed by atoms with Crippen molar-refractivity contribution in [2.75, 3.05) is 0 Å². The Morgan fingerprint density at radius 2 is 1.83 bits per heavy atom. The van der Waals surface area contributed by atoms with Gasteiger partial charge in [-0.3, -0.25) is 10.1 Å². The molecule has 0 radical (unpaired) electrons. The largest absolute Gasteiger partial charge is 0.502 e. The maximum absolute atomic E-state index is 10.1. The van der Waals surface area contributed by atoms with Crippen LogP contribution in [0.15, 0.2) is 24.3 Å². The molecule has 0 aliphatic rings. The number of nitro benzene ring substituents is 1. The van der Waals surface area contributed by atoms with Gasteiger partial charge in [0.15, 0.2) is 5.75 Å². The maximum Gasteiger partial charge on any atom is 0.310 e. The summed E-state index contributed by atoms with van der Waals surface area (Å²) in [5, 5.41) is 18.9. The minimum absolute atomic E-state index is 0.262. The summed E-state index contributed by atoms with van der Waals surface area (Å²) in [4.78, 5) is 9.44. The van der Waals surface area contributed by atoms with Gasteiger partial charge in [0.2, 0.25) is 0 Å². The van der Waals surface area contributed by atoms with Crippen LogP contribution in [0.5, 0.6) is 5.75 Å². The molecule has 0 aliphatic heterocycles. The summed E-state index contributed by atoms with van der Waals surface area (Å²) in [5.74, 6) is -0.299. The van der Waals surface area contributed by atoms with Crippen molar-refractivity contribution in [1.29, 1.82) is 0 Å². The van der Waals surface area contributed by atoms with Gasteiger partial charge in [-0.15, -0.1) is 0 Å². The SMILES string of the molecule is CC.O=[N+]([O-])c1ccccc1O. The van der Waals surface area contributed by atoms with Crippen molar-refractivity contribution in [1.82, 2.24) is 0 Å². The van der Waals surface area contributed by atoms with E-state index in [-0.39, 0.29) is 11.4 Å². The van der Waals surface area contributed by atoms with Gasteiger partial charge >= 0.3 is 5.69 Å². The van der Waals surface area contributed by atoms with Gasteiger partial charge in [0.05, 0.1) is 4.92 Å². The number of benzene rings is 1. The molecular weight excluding hydrogens is 158 g/mol. The predicted molar refractivity (Wildman–Crippen MR) is 46.1 cm³/mol. The van der Waals surface area contributed by atoms with Gasteiger partial charge in [-0.25, -0.2) is 0 Å². The Kier molecular flexibility index (Phi) is 4.45. The summed E-state index contributed by atoms with van der Waals surface area (Å²) >= 11 is 0. The lowest BCUT2D eigenvalue weighted by atomic mass is 10.3. The van der Waals surface area contributed by atoms with E-state index in [0.717, 1.165) is 0 Å². The zero-order valence-corrected chi connectivity index (χ0v) is 7.02. The summed E-state index contributed by atoms with van der Waals surface area (Å²) in [7, 11) is 0. The molecule has 0 amide bonds. The second-order valence-corrected chi connectivity index (χ2v) is 1.75. The van der Waals surface area contributed by atoms with Gasteiger partial charge in [0.1, 0.15) is 0 Å². The van der Waals surface area contributed by atoms with Crippen LogP contribution in [0, 0.1) is 10.1 Å². The number of hydrogen-bond acceptors (Lipinski definition) is 3. The number of hydrogen-bond donors (Lipinski definition) is 1. The summed E-state index contributed by atoms with van der Waals surface area (Å²) in [6, 6.07) is 5.55. The molecule has 0 unspecified atom stereocenters. The Labute approximate surface area is 70.6 Å². The van der Waals surface area contributed by atoms with E-state index in [9.17, 15) is 10.1 Å². The molecule has 4 heteroatoms. The fourth-order valence-corrected chi connectivity index (χ4v) is 0.619. The van der Waals surface area contributed by atoms with Gasteiger partial charge in [-0.1, -0.05) is 26.0 Å². The number of phenolic OH excluding ortho intramolecular Hbond substituents is 1. The number of rotatable bonds is 1. The lowest BCUT2D eigenvalue weighted by Gasteiger charge is -1.91. The molecular formula is C8H11NO3. The molecule has 1 aromatic carbocycles. The second-order valence-electron chi connectivity index (χ2n) is 1.75. The number of phenols is 1. The Hall–Kier alpha value is -1.58. The van der Waals surface area contributed by atoms with Crippen LogP contribution in [0.4, 0.5) is 5.69 Å². The lowest BCUT2D eigenvalue weighted by molar-refractivity contribution is -0.385. The highest BCUT2D eigenvalue weighted by atomic mass is 16.6. The van der Waals surface area contributed by atoms with E-state index in [4.69, 9.17) is 5.11 Å². The smallest absolute Gasteiger partial charge is 0.310 e. The zero-order valence-electron chi connectivity index (χ0n) is 7.02. The van der Waals surface area contributed by atoms with Crippen molar-refractivity contribution >= 4 is 5.69 Å². The van der Waals surface area contributed by atoms with Crippen LogP contribution in [-0.2, 0) is 0 Å². The van der Waals surface area contributed by atoms with Gasteiger partial charge in [-0.2, -0.15) is 0 Å². The van der Waals surface area contributed by atoms with Crippen molar-refractivity contribution in [2.24, 2.45) is 0 Å². The van der Waals surface area contributed by atoms with E-state index in [0.29, 0.717) is 0 Å². The molecule has 0 aliphatic carbocycles. The van der Waals surface area contributed by atoms with E-state index < -0.39 is 4.92 Å². The molecule has 0 saturated carbocycles. The van der Waals surface area contributed by atoms with Crippen LogP contribution in [0.2, 0.25) is 0 Å². The molecule has 0 saturated heterocycles. The average Bonchev–Trinajstić information content (AvgIpc) is 2.08. The molecule has 1 N–H and O–H groups in total. The van der Waals surface area contributed by atoms with Crippen LogP contribution in [0.3, 0.4) is 0 Å². The molecule has 0 heterocycles. The average molecular weight is 169 g/mol. The number of nitro groups is 1. The third kappa shape index (κ3) is 2.57. The Balaban J connectivity index is 0.000000561. The van der Waals surface area contributed by atoms with Crippen molar-refractivity contribution in [3.8, 4) is 5.75 Å². The molecule has 12 heavy (non-hydrogen) atoms. The fraction of sp³-hybridized carbons (Fsp3) is 0.250. The molecule has 0 atom stereocenters. The topological polar surface area (TPSA) is 63.4 Å². The van der Waals surface area contributed by atoms with E-state index in [1.165, 1.54) is 24.3 Å². The number of nitrogens with zero attached hydrogens (tertiary/aromatic N) is 1. The first kappa shape index (κ1) is 10.4. The van der Waals surface area contributed by atoms with Crippen molar-refractivity contribution in [2.45, 2.75) is 13.8 Å². The Morgan fingerprint density at radius 1 is 1.33 bits per heavy atom. The normalized spacial score (nSPS) is 8.17. The molecule has 0 bridgehead atoms. The summed E-state index contributed by atoms with van der Waals surface area (Å²) < 4.78 is 0. The molecule has 0 aromatic heterocycles. The van der Waals surface area contributed by atoms with Crippen LogP contribution < -0.4 is 0 Å². The van der Waals surface area contributed by atoms with Crippen molar-refractivity contribution < 1.29 is 10.0 Å². The highest BCUT2D eigenvalue weighted by molar-refractivity contribution is 5.44. The number of para-hydroxylation sites is 2. The molecule has 4 nitrogen and oxygen atoms in total. The van der Waals surface area contributed by atoms with Crippen molar-refractivity contribution in [3.05, 3.63) is 34.4 Å². The molecule has 66 valence electrons. The van der Waals surface area contributed by atoms with Crippen molar-refractivity contribution in [3.63, 3.8) is 0 Å². The van der Waals surface area contributed by atoms with Gasteiger partial charge in [0, 0.05) is 6.07 Å². The molecule has 0 spiro atoms. The van der Waals surface area contributed by atoms with Crippen LogP contribution in [0.25, 0.3) is 0 Å². The molecule has 0 fully saturated rings. The third-order valence-electron chi connectivity index (χ3n) is 1.08. The first-order valence-electron chi connectivity index (χ1n) is 3.64. The standard InChI is InChI=1S/C6H5NO3.C2H6/c8-6-4-2-1-3-5(6)7(9)10;1-2/h1-4,8H;1-2H3. The highest BCUT2D eigenvalue weighted by Crippen LogP contribution is 2.23. The van der Waals surface area contributed by atoms with Gasteiger partial charge < -0.3 is 5.11 Å². The first-order valence-corrected chi connectivity index (χ1v) is 3.64. The lowest BCUT2D eigenvalue weighted by Crippen LogP contribution is -1.86. The van der Waals surface area contributed by atoms with Gasteiger partial charge in [-0.05, 0) is 6.07 Å². The van der Waals surface area contributed by atoms with Crippen LogP contribution in [0.1, 0.15) is 13.8 Å². The predicted octanol–water partition coefficient (Wildman–Crippen LogP) is 2.33. The fourth-order valence-electron chi connectivity index (χ4n) is 0.619.